The van der Waals surface area contributed by atoms with Gasteiger partial charge in [-0.25, -0.2) is 15.8 Å². The minimum atomic E-state index is 0.438. The number of nitrogens with two attached hydrogens (primary N) is 1. The van der Waals surface area contributed by atoms with E-state index in [-0.39, 0.29) is 0 Å². The molecule has 6 nitrogen and oxygen atoms in total. The summed E-state index contributed by atoms with van der Waals surface area (Å²) >= 11 is 0. The number of nitrogens with one attached hydrogen (secondary N) is 1. The molecule has 100 valence electrons. The van der Waals surface area contributed by atoms with Gasteiger partial charge < -0.3 is 15.1 Å². The monoisotopic (exact) mass is 251 g/mol. The van der Waals surface area contributed by atoms with Gasteiger partial charge in [-0.05, 0) is 25.7 Å². The molecule has 2 unspecified atom stereocenters. The topological polar surface area (TPSA) is 76.3 Å². The predicted octanol–water partition coefficient (Wildman–Crippen LogP) is 1.40. The van der Waals surface area contributed by atoms with Crippen LogP contribution in [0.25, 0.3) is 0 Å². The van der Waals surface area contributed by atoms with Crippen molar-refractivity contribution in [2.45, 2.75) is 32.7 Å². The van der Waals surface area contributed by atoms with E-state index in [0.717, 1.165) is 12.4 Å². The molecule has 1 aromatic heterocycles. The molecule has 1 saturated heterocycles. The molecule has 2 rings (SSSR count). The van der Waals surface area contributed by atoms with Crippen LogP contribution in [-0.2, 0) is 0 Å². The normalized spacial score (nSPS) is 23.9. The van der Waals surface area contributed by atoms with E-state index in [9.17, 15) is 0 Å². The first-order chi connectivity index (χ1) is 8.69. The highest BCUT2D eigenvalue weighted by Gasteiger charge is 2.28. The number of hydrogen-bond donors (Lipinski definition) is 2. The fourth-order valence-corrected chi connectivity index (χ4v) is 2.49. The van der Waals surface area contributed by atoms with Gasteiger partial charge in [0.15, 0.2) is 11.6 Å². The van der Waals surface area contributed by atoms with Gasteiger partial charge in [0, 0.05) is 12.6 Å². The molecule has 0 bridgehead atoms. The summed E-state index contributed by atoms with van der Waals surface area (Å²) in [6.45, 7) is 5.48. The second kappa shape index (κ2) is 5.39. The Balaban J connectivity index is 2.37. The number of hydrogen-bond acceptors (Lipinski definition) is 6. The third-order valence-corrected chi connectivity index (χ3v) is 3.77. The first-order valence-electron chi connectivity index (χ1n) is 6.31. The second-order valence-electron chi connectivity index (χ2n) is 4.78. The van der Waals surface area contributed by atoms with Crippen LogP contribution in [-0.4, -0.2) is 29.7 Å². The summed E-state index contributed by atoms with van der Waals surface area (Å²) in [5, 5.41) is 0. The highest BCUT2D eigenvalue weighted by Crippen LogP contribution is 2.36. The van der Waals surface area contributed by atoms with Crippen molar-refractivity contribution in [3.05, 3.63) is 6.33 Å². The Kier molecular flexibility index (Phi) is 3.86. The largest absolute Gasteiger partial charge is 0.490 e. The summed E-state index contributed by atoms with van der Waals surface area (Å²) in [6.07, 6.45) is 3.94. The summed E-state index contributed by atoms with van der Waals surface area (Å²) in [7, 11) is 1.61. The Morgan fingerprint density at radius 3 is 2.89 bits per heavy atom. The molecule has 1 aromatic rings. The third kappa shape index (κ3) is 2.20. The molecule has 0 amide bonds. The minimum absolute atomic E-state index is 0.438. The lowest BCUT2D eigenvalue weighted by Crippen LogP contribution is -2.43. The van der Waals surface area contributed by atoms with Crippen LogP contribution in [0.3, 0.4) is 0 Å². The van der Waals surface area contributed by atoms with Gasteiger partial charge in [-0.15, -0.1) is 0 Å². The maximum Gasteiger partial charge on any atom is 0.205 e. The Labute approximate surface area is 108 Å². The van der Waals surface area contributed by atoms with Gasteiger partial charge in [0.05, 0.1) is 7.11 Å². The van der Waals surface area contributed by atoms with E-state index in [1.165, 1.54) is 19.2 Å². The van der Waals surface area contributed by atoms with Gasteiger partial charge in [0.2, 0.25) is 5.75 Å². The summed E-state index contributed by atoms with van der Waals surface area (Å²) in [4.78, 5) is 10.7. The van der Waals surface area contributed by atoms with Gasteiger partial charge in [0.25, 0.3) is 0 Å². The van der Waals surface area contributed by atoms with Crippen molar-refractivity contribution in [1.82, 2.24) is 9.97 Å². The fourth-order valence-electron chi connectivity index (χ4n) is 2.49. The van der Waals surface area contributed by atoms with E-state index in [0.29, 0.717) is 23.5 Å². The SMILES string of the molecule is COc1c(NN)ncnc1N1CCCC(C)C1C. The summed E-state index contributed by atoms with van der Waals surface area (Å²) < 4.78 is 5.39. The third-order valence-electron chi connectivity index (χ3n) is 3.77. The number of nitrogen functional groups attached to an aromatic ring is 1. The molecule has 0 aliphatic carbocycles. The van der Waals surface area contributed by atoms with E-state index in [1.807, 2.05) is 0 Å². The van der Waals surface area contributed by atoms with Crippen molar-refractivity contribution < 1.29 is 4.74 Å². The molecule has 1 fully saturated rings. The van der Waals surface area contributed by atoms with E-state index in [4.69, 9.17) is 10.6 Å². The Bertz CT molecular complexity index is 411. The summed E-state index contributed by atoms with van der Waals surface area (Å²) in [5.74, 6) is 8.05. The first-order valence-corrected chi connectivity index (χ1v) is 6.31. The van der Waals surface area contributed by atoms with E-state index in [2.05, 4.69) is 34.1 Å². The Morgan fingerprint density at radius 1 is 1.44 bits per heavy atom. The van der Waals surface area contributed by atoms with Gasteiger partial charge in [-0.3, -0.25) is 0 Å². The molecule has 3 N–H and O–H groups in total. The number of ether oxygens (including phenoxy) is 1. The molecule has 0 aromatic carbocycles. The molecular weight excluding hydrogens is 230 g/mol. The first kappa shape index (κ1) is 12.9. The van der Waals surface area contributed by atoms with Gasteiger partial charge in [-0.1, -0.05) is 6.92 Å². The lowest BCUT2D eigenvalue weighted by Gasteiger charge is -2.39. The molecule has 2 atom stereocenters. The number of rotatable bonds is 3. The van der Waals surface area contributed by atoms with Crippen molar-refractivity contribution in [2.75, 3.05) is 24.0 Å². The smallest absolute Gasteiger partial charge is 0.205 e. The highest BCUT2D eigenvalue weighted by molar-refractivity contribution is 5.64. The number of methoxy groups -OCH3 is 1. The molecule has 1 aliphatic heterocycles. The van der Waals surface area contributed by atoms with Crippen LogP contribution in [0.4, 0.5) is 11.6 Å². The van der Waals surface area contributed by atoms with Crippen molar-refractivity contribution in [1.29, 1.82) is 0 Å². The van der Waals surface area contributed by atoms with Crippen molar-refractivity contribution >= 4 is 11.6 Å². The number of piperidine rings is 1. The Hall–Kier alpha value is -1.56. The van der Waals surface area contributed by atoms with Crippen molar-refractivity contribution in [3.63, 3.8) is 0 Å². The number of hydrazine groups is 1. The van der Waals surface area contributed by atoms with Crippen LogP contribution in [0.1, 0.15) is 26.7 Å². The zero-order valence-corrected chi connectivity index (χ0v) is 11.2. The molecule has 0 radical (unpaired) electrons. The number of anilines is 2. The molecule has 0 saturated carbocycles. The average Bonchev–Trinajstić information content (AvgIpc) is 2.41. The summed E-state index contributed by atoms with van der Waals surface area (Å²) in [5.41, 5.74) is 2.55. The number of nitrogens with zero attached hydrogens (tertiary/aromatic N) is 3. The predicted molar refractivity (Wildman–Crippen MR) is 71.6 cm³/mol. The molecule has 6 heteroatoms. The van der Waals surface area contributed by atoms with E-state index >= 15 is 0 Å². The van der Waals surface area contributed by atoms with Crippen molar-refractivity contribution in [2.24, 2.45) is 11.8 Å². The quantitative estimate of drug-likeness (QED) is 0.624. The maximum absolute atomic E-state index is 5.45. The van der Waals surface area contributed by atoms with Crippen LogP contribution in [0.5, 0.6) is 5.75 Å². The standard InChI is InChI=1S/C12H21N5O/c1-8-5-4-6-17(9(8)2)12-10(18-3)11(16-13)14-7-15-12/h7-9H,4-6,13H2,1-3H3,(H,14,15,16). The zero-order chi connectivity index (χ0) is 13.1. The number of aromatic nitrogens is 2. The molecular formula is C12H21N5O. The van der Waals surface area contributed by atoms with Crippen LogP contribution in [0, 0.1) is 5.92 Å². The van der Waals surface area contributed by atoms with E-state index < -0.39 is 0 Å². The zero-order valence-electron chi connectivity index (χ0n) is 11.2. The molecule has 18 heavy (non-hydrogen) atoms. The lowest BCUT2D eigenvalue weighted by molar-refractivity contribution is 0.353. The van der Waals surface area contributed by atoms with Crippen molar-refractivity contribution in [3.8, 4) is 5.75 Å². The average molecular weight is 251 g/mol. The lowest BCUT2D eigenvalue weighted by atomic mass is 9.92. The van der Waals surface area contributed by atoms with Crippen LogP contribution in [0.2, 0.25) is 0 Å². The van der Waals surface area contributed by atoms with E-state index in [1.54, 1.807) is 7.11 Å². The molecule has 2 heterocycles. The minimum Gasteiger partial charge on any atom is -0.490 e. The molecule has 0 spiro atoms. The van der Waals surface area contributed by atoms with Crippen LogP contribution in [0.15, 0.2) is 6.33 Å². The fraction of sp³-hybridized carbons (Fsp3) is 0.667. The Morgan fingerprint density at radius 2 is 2.22 bits per heavy atom. The van der Waals surface area contributed by atoms with Gasteiger partial charge in [-0.2, -0.15) is 0 Å². The highest BCUT2D eigenvalue weighted by atomic mass is 16.5. The van der Waals surface area contributed by atoms with Crippen LogP contribution < -0.4 is 20.9 Å². The second-order valence-corrected chi connectivity index (χ2v) is 4.78. The van der Waals surface area contributed by atoms with Crippen LogP contribution >= 0.6 is 0 Å². The molecule has 1 aliphatic rings. The maximum atomic E-state index is 5.45. The van der Waals surface area contributed by atoms with Gasteiger partial charge >= 0.3 is 0 Å². The van der Waals surface area contributed by atoms with Gasteiger partial charge in [0.1, 0.15) is 6.33 Å². The summed E-state index contributed by atoms with van der Waals surface area (Å²) in [6, 6.07) is 0.438.